The quantitative estimate of drug-likeness (QED) is 0.556. The molecule has 2 fully saturated rings. The lowest BCUT2D eigenvalue weighted by molar-refractivity contribution is 0.0907. The Morgan fingerprint density at radius 3 is 1.85 bits per heavy atom. The van der Waals surface area contributed by atoms with Gasteiger partial charge in [-0.3, -0.25) is 0 Å². The molecule has 2 saturated carbocycles. The monoisotopic (exact) mass is 180 g/mol. The van der Waals surface area contributed by atoms with Gasteiger partial charge in [-0.05, 0) is 49.4 Å². The fourth-order valence-electron chi connectivity index (χ4n) is 3.36. The lowest BCUT2D eigenvalue weighted by atomic mass is 9.63. The Kier molecular flexibility index (Phi) is 2.42. The van der Waals surface area contributed by atoms with E-state index in [1.807, 2.05) is 0 Å². The Hall–Kier alpha value is 0. The fraction of sp³-hybridized carbons (Fsp3) is 1.00. The first-order valence-electron chi connectivity index (χ1n) is 6.18. The second kappa shape index (κ2) is 3.29. The third kappa shape index (κ3) is 1.78. The first-order valence-corrected chi connectivity index (χ1v) is 6.18. The van der Waals surface area contributed by atoms with Crippen molar-refractivity contribution in [1.29, 1.82) is 0 Å². The van der Waals surface area contributed by atoms with Gasteiger partial charge in [0.25, 0.3) is 0 Å². The molecule has 0 atom stereocenters. The Labute approximate surface area is 83.1 Å². The Balaban J connectivity index is 1.95. The van der Waals surface area contributed by atoms with Crippen molar-refractivity contribution in [1.82, 2.24) is 0 Å². The van der Waals surface area contributed by atoms with Gasteiger partial charge in [0.1, 0.15) is 0 Å². The summed E-state index contributed by atoms with van der Waals surface area (Å²) in [5.74, 6) is 0. The van der Waals surface area contributed by atoms with Gasteiger partial charge in [-0.1, -0.05) is 33.1 Å². The highest BCUT2D eigenvalue weighted by Gasteiger charge is 2.40. The maximum atomic E-state index is 2.49. The molecule has 0 heteroatoms. The second-order valence-corrected chi connectivity index (χ2v) is 5.87. The van der Waals surface area contributed by atoms with Crippen LogP contribution < -0.4 is 0 Å². The van der Waals surface area contributed by atoms with Gasteiger partial charge >= 0.3 is 0 Å². The van der Waals surface area contributed by atoms with E-state index in [2.05, 4.69) is 13.8 Å². The van der Waals surface area contributed by atoms with E-state index in [0.29, 0.717) is 5.41 Å². The standard InChI is InChI=1S/C13H24/c1-3-12(2)8-10-13(11-9-12)6-4-5-7-13/h3-11H2,1-2H3. The fourth-order valence-corrected chi connectivity index (χ4v) is 3.36. The van der Waals surface area contributed by atoms with E-state index in [0.717, 1.165) is 5.41 Å². The third-order valence-electron chi connectivity index (χ3n) is 5.04. The highest BCUT2D eigenvalue weighted by atomic mass is 14.5. The zero-order valence-electron chi connectivity index (χ0n) is 9.36. The van der Waals surface area contributed by atoms with Crippen LogP contribution in [0, 0.1) is 10.8 Å². The van der Waals surface area contributed by atoms with Crippen molar-refractivity contribution in [2.45, 2.75) is 71.6 Å². The van der Waals surface area contributed by atoms with Crippen molar-refractivity contribution in [2.24, 2.45) is 10.8 Å². The highest BCUT2D eigenvalue weighted by molar-refractivity contribution is 4.92. The number of hydrogen-bond acceptors (Lipinski definition) is 0. The molecule has 2 aliphatic rings. The summed E-state index contributed by atoms with van der Waals surface area (Å²) < 4.78 is 0. The van der Waals surface area contributed by atoms with Crippen molar-refractivity contribution < 1.29 is 0 Å². The maximum absolute atomic E-state index is 2.49. The molecule has 0 saturated heterocycles. The number of hydrogen-bond donors (Lipinski definition) is 0. The van der Waals surface area contributed by atoms with E-state index in [1.165, 1.54) is 44.9 Å². The van der Waals surface area contributed by atoms with Gasteiger partial charge in [0.15, 0.2) is 0 Å². The lowest BCUT2D eigenvalue weighted by Crippen LogP contribution is -2.30. The Morgan fingerprint density at radius 2 is 1.38 bits per heavy atom. The molecule has 0 aromatic heterocycles. The molecule has 0 radical (unpaired) electrons. The van der Waals surface area contributed by atoms with Crippen LogP contribution in [0.25, 0.3) is 0 Å². The molecule has 0 N–H and O–H groups in total. The molecule has 0 bridgehead atoms. The predicted molar refractivity (Wildman–Crippen MR) is 57.8 cm³/mol. The molecule has 0 amide bonds. The first-order chi connectivity index (χ1) is 6.18. The average molecular weight is 180 g/mol. The van der Waals surface area contributed by atoms with Crippen LogP contribution in [0.3, 0.4) is 0 Å². The minimum Gasteiger partial charge on any atom is -0.0649 e. The van der Waals surface area contributed by atoms with Crippen LogP contribution in [0.15, 0.2) is 0 Å². The van der Waals surface area contributed by atoms with E-state index in [-0.39, 0.29) is 0 Å². The van der Waals surface area contributed by atoms with Gasteiger partial charge in [-0.15, -0.1) is 0 Å². The molecular weight excluding hydrogens is 156 g/mol. The zero-order chi connectivity index (χ0) is 9.36. The molecule has 76 valence electrons. The summed E-state index contributed by atoms with van der Waals surface area (Å²) in [6.45, 7) is 4.86. The minimum absolute atomic E-state index is 0.702. The molecule has 13 heavy (non-hydrogen) atoms. The van der Waals surface area contributed by atoms with E-state index in [4.69, 9.17) is 0 Å². The summed E-state index contributed by atoms with van der Waals surface area (Å²) in [4.78, 5) is 0. The Morgan fingerprint density at radius 1 is 0.846 bits per heavy atom. The predicted octanol–water partition coefficient (Wildman–Crippen LogP) is 4.54. The Bertz CT molecular complexity index is 164. The SMILES string of the molecule is CCC1(C)CCC2(CCCC2)CC1. The van der Waals surface area contributed by atoms with Crippen LogP contribution >= 0.6 is 0 Å². The van der Waals surface area contributed by atoms with Crippen LogP contribution in [-0.4, -0.2) is 0 Å². The molecule has 0 unspecified atom stereocenters. The summed E-state index contributed by atoms with van der Waals surface area (Å²) in [7, 11) is 0. The second-order valence-electron chi connectivity index (χ2n) is 5.87. The zero-order valence-corrected chi connectivity index (χ0v) is 9.36. The molecular formula is C13H24. The molecule has 0 heterocycles. The van der Waals surface area contributed by atoms with Crippen LogP contribution in [-0.2, 0) is 0 Å². The average Bonchev–Trinajstić information content (AvgIpc) is 2.61. The van der Waals surface area contributed by atoms with Gasteiger partial charge in [-0.2, -0.15) is 0 Å². The van der Waals surface area contributed by atoms with Crippen LogP contribution in [0.2, 0.25) is 0 Å². The van der Waals surface area contributed by atoms with Gasteiger partial charge in [0.05, 0.1) is 0 Å². The minimum atomic E-state index is 0.702. The smallest absolute Gasteiger partial charge is 0.0297 e. The normalized spacial score (nSPS) is 30.9. The van der Waals surface area contributed by atoms with E-state index >= 15 is 0 Å². The highest BCUT2D eigenvalue weighted by Crippen LogP contribution is 2.54. The molecule has 2 aliphatic carbocycles. The topological polar surface area (TPSA) is 0 Å². The van der Waals surface area contributed by atoms with Crippen molar-refractivity contribution in [3.05, 3.63) is 0 Å². The molecule has 0 aliphatic heterocycles. The van der Waals surface area contributed by atoms with Gasteiger partial charge < -0.3 is 0 Å². The van der Waals surface area contributed by atoms with Crippen molar-refractivity contribution in [2.75, 3.05) is 0 Å². The largest absolute Gasteiger partial charge is 0.0649 e. The van der Waals surface area contributed by atoms with Crippen molar-refractivity contribution >= 4 is 0 Å². The summed E-state index contributed by atoms with van der Waals surface area (Å²) >= 11 is 0. The van der Waals surface area contributed by atoms with Gasteiger partial charge in [-0.25, -0.2) is 0 Å². The van der Waals surface area contributed by atoms with Crippen LogP contribution in [0.1, 0.15) is 71.6 Å². The summed E-state index contributed by atoms with van der Waals surface area (Å²) in [6.07, 6.45) is 13.6. The van der Waals surface area contributed by atoms with E-state index < -0.39 is 0 Å². The molecule has 1 spiro atoms. The van der Waals surface area contributed by atoms with E-state index in [9.17, 15) is 0 Å². The third-order valence-corrected chi connectivity index (χ3v) is 5.04. The summed E-state index contributed by atoms with van der Waals surface area (Å²) in [5, 5.41) is 0. The molecule has 0 nitrogen and oxygen atoms in total. The van der Waals surface area contributed by atoms with Gasteiger partial charge in [0.2, 0.25) is 0 Å². The summed E-state index contributed by atoms with van der Waals surface area (Å²) in [5.41, 5.74) is 1.53. The molecule has 0 aromatic rings. The first kappa shape index (κ1) is 9.55. The lowest BCUT2D eigenvalue weighted by Gasteiger charge is -2.43. The van der Waals surface area contributed by atoms with Crippen molar-refractivity contribution in [3.63, 3.8) is 0 Å². The van der Waals surface area contributed by atoms with Gasteiger partial charge in [0, 0.05) is 0 Å². The van der Waals surface area contributed by atoms with Crippen LogP contribution in [0.5, 0.6) is 0 Å². The molecule has 0 aromatic carbocycles. The van der Waals surface area contributed by atoms with Crippen LogP contribution in [0.4, 0.5) is 0 Å². The molecule has 2 rings (SSSR count). The van der Waals surface area contributed by atoms with E-state index in [1.54, 1.807) is 12.8 Å². The van der Waals surface area contributed by atoms with Crippen molar-refractivity contribution in [3.8, 4) is 0 Å². The summed E-state index contributed by atoms with van der Waals surface area (Å²) in [6, 6.07) is 0. The number of rotatable bonds is 1. The maximum Gasteiger partial charge on any atom is -0.0297 e.